The van der Waals surface area contributed by atoms with Gasteiger partial charge in [0.2, 0.25) is 0 Å². The molecule has 2 nitrogen and oxygen atoms in total. The molecular formula is C12H20N2. The second-order valence-corrected chi connectivity index (χ2v) is 3.96. The van der Waals surface area contributed by atoms with Crippen molar-refractivity contribution >= 4 is 5.82 Å². The molecule has 1 aromatic rings. The van der Waals surface area contributed by atoms with Crippen LogP contribution in [-0.4, -0.2) is 11.5 Å². The minimum absolute atomic E-state index is 0.570. The number of nitrogens with one attached hydrogen (secondary N) is 1. The van der Waals surface area contributed by atoms with Crippen LogP contribution in [0, 0.1) is 6.92 Å². The topological polar surface area (TPSA) is 24.9 Å². The van der Waals surface area contributed by atoms with Crippen molar-refractivity contribution in [2.45, 2.75) is 40.0 Å². The summed E-state index contributed by atoms with van der Waals surface area (Å²) >= 11 is 0. The fourth-order valence-electron chi connectivity index (χ4n) is 1.60. The van der Waals surface area contributed by atoms with Crippen LogP contribution in [0.3, 0.4) is 0 Å². The zero-order valence-electron chi connectivity index (χ0n) is 9.59. The van der Waals surface area contributed by atoms with E-state index in [4.69, 9.17) is 0 Å². The minimum Gasteiger partial charge on any atom is -0.370 e. The summed E-state index contributed by atoms with van der Waals surface area (Å²) in [5.74, 6) is 1.61. The first-order chi connectivity index (χ1) is 6.66. The first-order valence-corrected chi connectivity index (χ1v) is 5.36. The first kappa shape index (κ1) is 11.0. The predicted octanol–water partition coefficient (Wildman–Crippen LogP) is 3.34. The van der Waals surface area contributed by atoms with E-state index in [0.717, 1.165) is 18.8 Å². The van der Waals surface area contributed by atoms with Gasteiger partial charge < -0.3 is 5.32 Å². The van der Waals surface area contributed by atoms with Gasteiger partial charge in [-0.2, -0.15) is 0 Å². The molecule has 0 saturated heterocycles. The molecular weight excluding hydrogens is 172 g/mol. The monoisotopic (exact) mass is 192 g/mol. The molecule has 0 radical (unpaired) electrons. The molecule has 1 N–H and O–H groups in total. The molecule has 0 amide bonds. The molecule has 0 aromatic carbocycles. The van der Waals surface area contributed by atoms with Crippen molar-refractivity contribution in [3.8, 4) is 0 Å². The summed E-state index contributed by atoms with van der Waals surface area (Å²) in [6.07, 6.45) is 3.02. The lowest BCUT2D eigenvalue weighted by molar-refractivity contribution is 0.850. The van der Waals surface area contributed by atoms with Gasteiger partial charge in [-0.1, -0.05) is 20.8 Å². The second kappa shape index (κ2) is 4.99. The van der Waals surface area contributed by atoms with Crippen molar-refractivity contribution < 1.29 is 0 Å². The molecule has 0 unspecified atom stereocenters. The molecule has 2 heteroatoms. The summed E-state index contributed by atoms with van der Waals surface area (Å²) in [5.41, 5.74) is 2.68. The fraction of sp³-hybridized carbons (Fsp3) is 0.583. The smallest absolute Gasteiger partial charge is 0.129 e. The normalized spacial score (nSPS) is 10.6. The lowest BCUT2D eigenvalue weighted by Gasteiger charge is -2.13. The van der Waals surface area contributed by atoms with Gasteiger partial charge in [0.1, 0.15) is 5.82 Å². The summed E-state index contributed by atoms with van der Waals surface area (Å²) in [4.78, 5) is 4.35. The Kier molecular flexibility index (Phi) is 3.93. The molecule has 0 saturated carbocycles. The average molecular weight is 192 g/mol. The molecule has 0 fully saturated rings. The van der Waals surface area contributed by atoms with Gasteiger partial charge in [-0.3, -0.25) is 0 Å². The second-order valence-electron chi connectivity index (χ2n) is 3.96. The van der Waals surface area contributed by atoms with E-state index in [0.29, 0.717) is 5.92 Å². The summed E-state index contributed by atoms with van der Waals surface area (Å²) in [6.45, 7) is 9.72. The van der Waals surface area contributed by atoms with E-state index < -0.39 is 0 Å². The molecule has 14 heavy (non-hydrogen) atoms. The molecule has 0 atom stereocenters. The fourth-order valence-corrected chi connectivity index (χ4v) is 1.60. The molecule has 1 heterocycles. The zero-order chi connectivity index (χ0) is 10.6. The highest BCUT2D eigenvalue weighted by Crippen LogP contribution is 2.22. The van der Waals surface area contributed by atoms with Crippen LogP contribution < -0.4 is 5.32 Å². The van der Waals surface area contributed by atoms with Gasteiger partial charge in [0.05, 0.1) is 0 Å². The van der Waals surface area contributed by atoms with Crippen LogP contribution in [0.2, 0.25) is 0 Å². The van der Waals surface area contributed by atoms with E-state index in [-0.39, 0.29) is 0 Å². The lowest BCUT2D eigenvalue weighted by Crippen LogP contribution is -2.05. The van der Waals surface area contributed by atoms with Crippen LogP contribution in [0.1, 0.15) is 44.2 Å². The van der Waals surface area contributed by atoms with Crippen molar-refractivity contribution in [1.29, 1.82) is 0 Å². The molecule has 0 aliphatic carbocycles. The van der Waals surface area contributed by atoms with Gasteiger partial charge in [-0.15, -0.1) is 0 Å². The van der Waals surface area contributed by atoms with Crippen molar-refractivity contribution in [3.05, 3.63) is 23.4 Å². The SMILES string of the molecule is CCCNc1nccc(C(C)C)c1C. The van der Waals surface area contributed by atoms with Crippen molar-refractivity contribution in [3.63, 3.8) is 0 Å². The summed E-state index contributed by atoms with van der Waals surface area (Å²) < 4.78 is 0. The van der Waals surface area contributed by atoms with E-state index in [9.17, 15) is 0 Å². The predicted molar refractivity (Wildman–Crippen MR) is 61.8 cm³/mol. The summed E-state index contributed by atoms with van der Waals surface area (Å²) in [5, 5.41) is 3.35. The Bertz CT molecular complexity index is 292. The maximum absolute atomic E-state index is 4.35. The number of anilines is 1. The van der Waals surface area contributed by atoms with Gasteiger partial charge >= 0.3 is 0 Å². The van der Waals surface area contributed by atoms with Gasteiger partial charge in [-0.05, 0) is 36.5 Å². The van der Waals surface area contributed by atoms with E-state index in [2.05, 4.69) is 44.1 Å². The van der Waals surface area contributed by atoms with Crippen molar-refractivity contribution in [2.75, 3.05) is 11.9 Å². The Morgan fingerprint density at radius 3 is 2.71 bits per heavy atom. The molecule has 0 bridgehead atoms. The van der Waals surface area contributed by atoms with Crippen LogP contribution in [0.5, 0.6) is 0 Å². The Morgan fingerprint density at radius 1 is 1.43 bits per heavy atom. The molecule has 1 aromatic heterocycles. The van der Waals surface area contributed by atoms with E-state index in [1.54, 1.807) is 0 Å². The number of pyridine rings is 1. The lowest BCUT2D eigenvalue weighted by atomic mass is 9.99. The number of nitrogens with zero attached hydrogens (tertiary/aromatic N) is 1. The number of rotatable bonds is 4. The van der Waals surface area contributed by atoms with Crippen molar-refractivity contribution in [2.24, 2.45) is 0 Å². The van der Waals surface area contributed by atoms with Gasteiger partial charge in [0.25, 0.3) is 0 Å². The van der Waals surface area contributed by atoms with E-state index >= 15 is 0 Å². The first-order valence-electron chi connectivity index (χ1n) is 5.36. The van der Waals surface area contributed by atoms with Gasteiger partial charge in [0, 0.05) is 12.7 Å². The van der Waals surface area contributed by atoms with Crippen LogP contribution >= 0.6 is 0 Å². The molecule has 0 spiro atoms. The maximum Gasteiger partial charge on any atom is 0.129 e. The quantitative estimate of drug-likeness (QED) is 0.791. The number of aromatic nitrogens is 1. The van der Waals surface area contributed by atoms with Crippen LogP contribution in [0.15, 0.2) is 12.3 Å². The molecule has 0 aliphatic rings. The molecule has 1 rings (SSSR count). The molecule has 78 valence electrons. The van der Waals surface area contributed by atoms with Crippen molar-refractivity contribution in [1.82, 2.24) is 4.98 Å². The Morgan fingerprint density at radius 2 is 2.14 bits per heavy atom. The average Bonchev–Trinajstić information content (AvgIpc) is 2.16. The highest BCUT2D eigenvalue weighted by molar-refractivity contribution is 5.48. The Balaban J connectivity index is 2.89. The van der Waals surface area contributed by atoms with E-state index in [1.165, 1.54) is 11.1 Å². The zero-order valence-corrected chi connectivity index (χ0v) is 9.59. The summed E-state index contributed by atoms with van der Waals surface area (Å²) in [7, 11) is 0. The molecule has 0 aliphatic heterocycles. The Hall–Kier alpha value is -1.05. The third-order valence-corrected chi connectivity index (χ3v) is 2.41. The van der Waals surface area contributed by atoms with Crippen LogP contribution in [-0.2, 0) is 0 Å². The standard InChI is InChI=1S/C12H20N2/c1-5-7-13-12-10(4)11(9(2)3)6-8-14-12/h6,8-9H,5,7H2,1-4H3,(H,13,14). The van der Waals surface area contributed by atoms with Crippen LogP contribution in [0.25, 0.3) is 0 Å². The van der Waals surface area contributed by atoms with Gasteiger partial charge in [-0.25, -0.2) is 4.98 Å². The van der Waals surface area contributed by atoms with Crippen LogP contribution in [0.4, 0.5) is 5.82 Å². The number of hydrogen-bond donors (Lipinski definition) is 1. The Labute approximate surface area is 86.8 Å². The van der Waals surface area contributed by atoms with Gasteiger partial charge in [0.15, 0.2) is 0 Å². The highest BCUT2D eigenvalue weighted by atomic mass is 15.0. The third kappa shape index (κ3) is 2.47. The maximum atomic E-state index is 4.35. The third-order valence-electron chi connectivity index (χ3n) is 2.41. The summed E-state index contributed by atoms with van der Waals surface area (Å²) in [6, 6.07) is 2.11. The minimum atomic E-state index is 0.570. The highest BCUT2D eigenvalue weighted by Gasteiger charge is 2.07. The largest absolute Gasteiger partial charge is 0.370 e. The number of hydrogen-bond acceptors (Lipinski definition) is 2. The van der Waals surface area contributed by atoms with E-state index in [1.807, 2.05) is 6.20 Å².